The maximum absolute atomic E-state index is 12.5. The molecule has 2 amide bonds. The number of rotatable bonds is 6. The SMILES string of the molecule is CCN(C(=O)C(N)c1ccc(C(=O)Nc2ccncc2)cc1)N(C)C. The van der Waals surface area contributed by atoms with Crippen LogP contribution >= 0.6 is 0 Å². The number of anilines is 1. The monoisotopic (exact) mass is 341 g/mol. The van der Waals surface area contributed by atoms with E-state index in [0.29, 0.717) is 23.4 Å². The maximum atomic E-state index is 12.5. The highest BCUT2D eigenvalue weighted by molar-refractivity contribution is 6.04. The van der Waals surface area contributed by atoms with Gasteiger partial charge in [0.2, 0.25) is 0 Å². The van der Waals surface area contributed by atoms with Gasteiger partial charge >= 0.3 is 0 Å². The molecular weight excluding hydrogens is 318 g/mol. The van der Waals surface area contributed by atoms with Crippen molar-refractivity contribution in [2.75, 3.05) is 26.0 Å². The highest BCUT2D eigenvalue weighted by Gasteiger charge is 2.23. The number of amides is 2. The van der Waals surface area contributed by atoms with E-state index in [2.05, 4.69) is 10.3 Å². The number of nitrogens with zero attached hydrogens (tertiary/aromatic N) is 3. The number of likely N-dealkylation sites (N-methyl/N-ethyl adjacent to an activating group) is 1. The predicted octanol–water partition coefficient (Wildman–Crippen LogP) is 1.66. The van der Waals surface area contributed by atoms with E-state index in [1.54, 1.807) is 72.9 Å². The number of carbonyl (C=O) groups is 2. The van der Waals surface area contributed by atoms with Crippen molar-refractivity contribution in [3.8, 4) is 0 Å². The van der Waals surface area contributed by atoms with Crippen molar-refractivity contribution in [1.82, 2.24) is 15.0 Å². The van der Waals surface area contributed by atoms with Gasteiger partial charge in [-0.1, -0.05) is 12.1 Å². The lowest BCUT2D eigenvalue weighted by Crippen LogP contribution is -2.46. The van der Waals surface area contributed by atoms with Crippen LogP contribution in [0.5, 0.6) is 0 Å². The van der Waals surface area contributed by atoms with Crippen molar-refractivity contribution in [2.24, 2.45) is 5.73 Å². The summed E-state index contributed by atoms with van der Waals surface area (Å²) in [5, 5.41) is 6.05. The summed E-state index contributed by atoms with van der Waals surface area (Å²) in [6.07, 6.45) is 3.21. The number of pyridine rings is 1. The Morgan fingerprint density at radius 3 is 2.24 bits per heavy atom. The molecule has 3 N–H and O–H groups in total. The first-order valence-electron chi connectivity index (χ1n) is 7.99. The summed E-state index contributed by atoms with van der Waals surface area (Å²) in [6, 6.07) is 9.36. The molecule has 7 heteroatoms. The summed E-state index contributed by atoms with van der Waals surface area (Å²) >= 11 is 0. The Hall–Kier alpha value is -2.77. The Balaban J connectivity index is 2.08. The van der Waals surface area contributed by atoms with Gasteiger partial charge in [0, 0.05) is 44.3 Å². The molecule has 1 heterocycles. The zero-order valence-corrected chi connectivity index (χ0v) is 14.6. The van der Waals surface area contributed by atoms with E-state index in [1.807, 2.05) is 6.92 Å². The van der Waals surface area contributed by atoms with Crippen molar-refractivity contribution < 1.29 is 9.59 Å². The van der Waals surface area contributed by atoms with E-state index in [9.17, 15) is 9.59 Å². The molecule has 132 valence electrons. The first kappa shape index (κ1) is 18.6. The first-order valence-corrected chi connectivity index (χ1v) is 7.99. The van der Waals surface area contributed by atoms with Gasteiger partial charge in [0.05, 0.1) is 0 Å². The molecule has 0 bridgehead atoms. The van der Waals surface area contributed by atoms with Gasteiger partial charge in [-0.05, 0) is 36.8 Å². The number of hydrogen-bond acceptors (Lipinski definition) is 5. The molecule has 25 heavy (non-hydrogen) atoms. The zero-order chi connectivity index (χ0) is 18.4. The summed E-state index contributed by atoms with van der Waals surface area (Å²) in [4.78, 5) is 28.6. The summed E-state index contributed by atoms with van der Waals surface area (Å²) in [6.45, 7) is 2.42. The Morgan fingerprint density at radius 1 is 1.12 bits per heavy atom. The fourth-order valence-corrected chi connectivity index (χ4v) is 2.42. The van der Waals surface area contributed by atoms with Gasteiger partial charge in [-0.2, -0.15) is 0 Å². The standard InChI is InChI=1S/C18H23N5O2/c1-4-23(22(2)3)18(25)16(19)13-5-7-14(8-6-13)17(24)21-15-9-11-20-12-10-15/h5-12,16H,4,19H2,1-3H3,(H,20,21,24). The largest absolute Gasteiger partial charge is 0.322 e. The second-order valence-corrected chi connectivity index (χ2v) is 5.69. The fourth-order valence-electron chi connectivity index (χ4n) is 2.42. The lowest BCUT2D eigenvalue weighted by Gasteiger charge is -2.30. The molecule has 2 rings (SSSR count). The maximum Gasteiger partial charge on any atom is 0.258 e. The van der Waals surface area contributed by atoms with Crippen LogP contribution in [-0.4, -0.2) is 47.5 Å². The van der Waals surface area contributed by atoms with Gasteiger partial charge in [-0.15, -0.1) is 0 Å². The van der Waals surface area contributed by atoms with E-state index in [-0.39, 0.29) is 11.8 Å². The molecular formula is C18H23N5O2. The number of benzene rings is 1. The third kappa shape index (κ3) is 4.62. The summed E-state index contributed by atoms with van der Waals surface area (Å²) in [7, 11) is 3.58. The molecule has 0 radical (unpaired) electrons. The third-order valence-corrected chi connectivity index (χ3v) is 3.77. The van der Waals surface area contributed by atoms with Crippen molar-refractivity contribution in [3.63, 3.8) is 0 Å². The van der Waals surface area contributed by atoms with Crippen molar-refractivity contribution in [1.29, 1.82) is 0 Å². The molecule has 0 aliphatic carbocycles. The normalized spacial score (nSPS) is 11.9. The van der Waals surface area contributed by atoms with Gasteiger partial charge in [-0.3, -0.25) is 19.6 Å². The van der Waals surface area contributed by atoms with Crippen molar-refractivity contribution in [2.45, 2.75) is 13.0 Å². The Bertz CT molecular complexity index is 716. The smallest absolute Gasteiger partial charge is 0.258 e. The third-order valence-electron chi connectivity index (χ3n) is 3.77. The number of nitrogens with two attached hydrogens (primary N) is 1. The van der Waals surface area contributed by atoms with Gasteiger partial charge in [0.25, 0.3) is 11.8 Å². The van der Waals surface area contributed by atoms with Gasteiger partial charge in [0.15, 0.2) is 0 Å². The summed E-state index contributed by atoms with van der Waals surface area (Å²) < 4.78 is 0. The van der Waals surface area contributed by atoms with Crippen LogP contribution in [0.1, 0.15) is 28.9 Å². The molecule has 7 nitrogen and oxygen atoms in total. The Morgan fingerprint density at radius 2 is 1.72 bits per heavy atom. The fraction of sp³-hybridized carbons (Fsp3) is 0.278. The zero-order valence-electron chi connectivity index (χ0n) is 14.6. The van der Waals surface area contributed by atoms with Crippen LogP contribution in [-0.2, 0) is 4.79 Å². The molecule has 0 saturated carbocycles. The van der Waals surface area contributed by atoms with E-state index in [0.717, 1.165) is 0 Å². The molecule has 1 unspecified atom stereocenters. The molecule has 0 aliphatic rings. The average molecular weight is 341 g/mol. The number of aromatic nitrogens is 1. The highest BCUT2D eigenvalue weighted by atomic mass is 16.2. The highest BCUT2D eigenvalue weighted by Crippen LogP contribution is 2.16. The predicted molar refractivity (Wildman–Crippen MR) is 96.6 cm³/mol. The average Bonchev–Trinajstić information content (AvgIpc) is 2.62. The minimum absolute atomic E-state index is 0.193. The second-order valence-electron chi connectivity index (χ2n) is 5.69. The summed E-state index contributed by atoms with van der Waals surface area (Å²) in [5.41, 5.74) is 7.89. The second kappa shape index (κ2) is 8.36. The number of hydrogen-bond donors (Lipinski definition) is 2. The number of nitrogens with one attached hydrogen (secondary N) is 1. The lowest BCUT2D eigenvalue weighted by molar-refractivity contribution is -0.145. The van der Waals surface area contributed by atoms with Gasteiger partial charge in [-0.25, -0.2) is 5.01 Å². The Labute approximate surface area is 147 Å². The first-order chi connectivity index (χ1) is 11.9. The van der Waals surface area contributed by atoms with Crippen molar-refractivity contribution >= 4 is 17.5 Å². The molecule has 1 aromatic heterocycles. The topological polar surface area (TPSA) is 91.6 Å². The van der Waals surface area contributed by atoms with E-state index >= 15 is 0 Å². The number of carbonyl (C=O) groups excluding carboxylic acids is 2. The van der Waals surface area contributed by atoms with E-state index < -0.39 is 6.04 Å². The molecule has 2 aromatic rings. The van der Waals surface area contributed by atoms with Crippen LogP contribution in [0.3, 0.4) is 0 Å². The lowest BCUT2D eigenvalue weighted by atomic mass is 10.0. The molecule has 0 fully saturated rings. The van der Waals surface area contributed by atoms with Gasteiger partial charge < -0.3 is 11.1 Å². The molecule has 1 aromatic carbocycles. The molecule has 0 spiro atoms. The van der Waals surface area contributed by atoms with E-state index in [4.69, 9.17) is 5.73 Å². The van der Waals surface area contributed by atoms with Crippen LogP contribution < -0.4 is 11.1 Å². The van der Waals surface area contributed by atoms with Crippen LogP contribution in [0.2, 0.25) is 0 Å². The van der Waals surface area contributed by atoms with Crippen LogP contribution in [0.4, 0.5) is 5.69 Å². The molecule has 0 saturated heterocycles. The van der Waals surface area contributed by atoms with E-state index in [1.165, 1.54) is 0 Å². The van der Waals surface area contributed by atoms with Crippen LogP contribution in [0, 0.1) is 0 Å². The Kier molecular flexibility index (Phi) is 6.21. The molecule has 0 aliphatic heterocycles. The van der Waals surface area contributed by atoms with Crippen LogP contribution in [0.15, 0.2) is 48.8 Å². The van der Waals surface area contributed by atoms with Crippen LogP contribution in [0.25, 0.3) is 0 Å². The van der Waals surface area contributed by atoms with Crippen molar-refractivity contribution in [3.05, 3.63) is 59.9 Å². The summed E-state index contributed by atoms with van der Waals surface area (Å²) in [5.74, 6) is -0.428. The quantitative estimate of drug-likeness (QED) is 0.780. The minimum Gasteiger partial charge on any atom is -0.322 e. The van der Waals surface area contributed by atoms with Gasteiger partial charge in [0.1, 0.15) is 6.04 Å². The molecule has 1 atom stereocenters. The number of hydrazine groups is 1. The minimum atomic E-state index is -0.778.